The lowest BCUT2D eigenvalue weighted by Gasteiger charge is -2.18. The van der Waals surface area contributed by atoms with Crippen molar-refractivity contribution in [3.63, 3.8) is 0 Å². The van der Waals surface area contributed by atoms with Crippen LogP contribution in [0.5, 0.6) is 5.75 Å². The summed E-state index contributed by atoms with van der Waals surface area (Å²) in [5.41, 5.74) is 1.14. The summed E-state index contributed by atoms with van der Waals surface area (Å²) in [7, 11) is 3.64. The van der Waals surface area contributed by atoms with Crippen molar-refractivity contribution in [1.82, 2.24) is 10.3 Å². The van der Waals surface area contributed by atoms with Crippen molar-refractivity contribution in [3.05, 3.63) is 44.8 Å². The lowest BCUT2D eigenvalue weighted by atomic mass is 10.0. The summed E-state index contributed by atoms with van der Waals surface area (Å²) in [6.45, 7) is 0. The maximum atomic E-state index is 5.36. The SMILES string of the molecule is CNC(Cc1cc(Br)cs1)c1ccncc1OC. The molecule has 0 radical (unpaired) electrons. The van der Waals surface area contributed by atoms with E-state index < -0.39 is 0 Å². The third-order valence-electron chi connectivity index (χ3n) is 2.79. The molecule has 5 heteroatoms. The number of likely N-dealkylation sites (N-methyl/N-ethyl adjacent to an activating group) is 1. The largest absolute Gasteiger partial charge is 0.495 e. The van der Waals surface area contributed by atoms with Crippen LogP contribution in [0.4, 0.5) is 0 Å². The van der Waals surface area contributed by atoms with Gasteiger partial charge in [0.15, 0.2) is 0 Å². The first-order chi connectivity index (χ1) is 8.74. The van der Waals surface area contributed by atoms with E-state index in [1.54, 1.807) is 30.8 Å². The summed E-state index contributed by atoms with van der Waals surface area (Å²) < 4.78 is 6.50. The lowest BCUT2D eigenvalue weighted by molar-refractivity contribution is 0.399. The monoisotopic (exact) mass is 326 g/mol. The van der Waals surface area contributed by atoms with Crippen molar-refractivity contribution < 1.29 is 4.74 Å². The summed E-state index contributed by atoms with van der Waals surface area (Å²) in [6.07, 6.45) is 4.49. The second kappa shape index (κ2) is 6.31. The highest BCUT2D eigenvalue weighted by Gasteiger charge is 2.15. The summed E-state index contributed by atoms with van der Waals surface area (Å²) in [6, 6.07) is 4.39. The lowest BCUT2D eigenvalue weighted by Crippen LogP contribution is -2.19. The van der Waals surface area contributed by atoms with Crippen LogP contribution in [-0.2, 0) is 6.42 Å². The average Bonchev–Trinajstić information content (AvgIpc) is 2.81. The molecule has 0 bridgehead atoms. The van der Waals surface area contributed by atoms with E-state index in [4.69, 9.17) is 4.74 Å². The van der Waals surface area contributed by atoms with Crippen LogP contribution in [0.15, 0.2) is 34.4 Å². The van der Waals surface area contributed by atoms with E-state index in [1.807, 2.05) is 13.1 Å². The second-order valence-corrected chi connectivity index (χ2v) is 5.81. The molecule has 0 amide bonds. The number of aromatic nitrogens is 1. The highest BCUT2D eigenvalue weighted by molar-refractivity contribution is 9.10. The summed E-state index contributed by atoms with van der Waals surface area (Å²) in [4.78, 5) is 5.42. The standard InChI is InChI=1S/C13H15BrN2OS/c1-15-12(6-10-5-9(14)8-18-10)11-3-4-16-7-13(11)17-2/h3-5,7-8,12,15H,6H2,1-2H3. The molecule has 3 nitrogen and oxygen atoms in total. The van der Waals surface area contributed by atoms with Crippen molar-refractivity contribution >= 4 is 27.3 Å². The molecule has 0 fully saturated rings. The van der Waals surface area contributed by atoms with Crippen LogP contribution in [0.25, 0.3) is 0 Å². The molecule has 0 aliphatic heterocycles. The Kier molecular flexibility index (Phi) is 4.74. The molecule has 18 heavy (non-hydrogen) atoms. The summed E-state index contributed by atoms with van der Waals surface area (Å²) in [5, 5.41) is 5.44. The Morgan fingerprint density at radius 2 is 2.39 bits per heavy atom. The molecule has 0 aliphatic carbocycles. The minimum absolute atomic E-state index is 0.230. The van der Waals surface area contributed by atoms with Gasteiger partial charge in [0.25, 0.3) is 0 Å². The van der Waals surface area contributed by atoms with Gasteiger partial charge in [0.05, 0.1) is 13.3 Å². The first-order valence-corrected chi connectivity index (χ1v) is 7.30. The van der Waals surface area contributed by atoms with Gasteiger partial charge >= 0.3 is 0 Å². The summed E-state index contributed by atoms with van der Waals surface area (Å²) in [5.74, 6) is 0.826. The Bertz CT molecular complexity index is 515. The number of hydrogen-bond donors (Lipinski definition) is 1. The van der Waals surface area contributed by atoms with E-state index >= 15 is 0 Å². The van der Waals surface area contributed by atoms with Gasteiger partial charge in [-0.2, -0.15) is 0 Å². The molecule has 2 rings (SSSR count). The molecule has 1 N–H and O–H groups in total. The van der Waals surface area contributed by atoms with E-state index in [-0.39, 0.29) is 6.04 Å². The Morgan fingerprint density at radius 1 is 1.56 bits per heavy atom. The molecule has 0 spiro atoms. The van der Waals surface area contributed by atoms with Crippen LogP contribution < -0.4 is 10.1 Å². The van der Waals surface area contributed by atoms with E-state index in [2.05, 4.69) is 37.7 Å². The predicted molar refractivity (Wildman–Crippen MR) is 78.3 cm³/mol. The molecule has 1 unspecified atom stereocenters. The topological polar surface area (TPSA) is 34.2 Å². The van der Waals surface area contributed by atoms with Crippen molar-refractivity contribution in [1.29, 1.82) is 0 Å². The maximum Gasteiger partial charge on any atom is 0.141 e. The highest BCUT2D eigenvalue weighted by atomic mass is 79.9. The zero-order valence-corrected chi connectivity index (χ0v) is 12.7. The molecule has 0 saturated heterocycles. The van der Waals surface area contributed by atoms with E-state index in [0.29, 0.717) is 0 Å². The fraction of sp³-hybridized carbons (Fsp3) is 0.308. The van der Waals surface area contributed by atoms with Crippen LogP contribution in [0.2, 0.25) is 0 Å². The number of pyridine rings is 1. The molecular formula is C13H15BrN2OS. The fourth-order valence-corrected chi connectivity index (χ4v) is 3.38. The molecule has 2 heterocycles. The fourth-order valence-electron chi connectivity index (χ4n) is 1.88. The van der Waals surface area contributed by atoms with Gasteiger partial charge in [-0.1, -0.05) is 0 Å². The molecule has 1 atom stereocenters. The van der Waals surface area contributed by atoms with Crippen LogP contribution >= 0.6 is 27.3 Å². The number of ether oxygens (including phenoxy) is 1. The highest BCUT2D eigenvalue weighted by Crippen LogP contribution is 2.29. The third-order valence-corrected chi connectivity index (χ3v) is 4.51. The van der Waals surface area contributed by atoms with Crippen molar-refractivity contribution in [2.24, 2.45) is 0 Å². The number of rotatable bonds is 5. The molecule has 2 aromatic rings. The number of methoxy groups -OCH3 is 1. The molecule has 96 valence electrons. The van der Waals surface area contributed by atoms with Crippen molar-refractivity contribution in [2.75, 3.05) is 14.2 Å². The van der Waals surface area contributed by atoms with E-state index in [0.717, 1.165) is 22.2 Å². The number of hydrogen-bond acceptors (Lipinski definition) is 4. The van der Waals surface area contributed by atoms with Crippen LogP contribution in [-0.4, -0.2) is 19.1 Å². The number of thiophene rings is 1. The second-order valence-electron chi connectivity index (χ2n) is 3.89. The van der Waals surface area contributed by atoms with Crippen molar-refractivity contribution in [3.8, 4) is 5.75 Å². The number of nitrogens with zero attached hydrogens (tertiary/aromatic N) is 1. The van der Waals surface area contributed by atoms with Gasteiger partial charge in [0.2, 0.25) is 0 Å². The van der Waals surface area contributed by atoms with Crippen LogP contribution in [0, 0.1) is 0 Å². The van der Waals surface area contributed by atoms with Gasteiger partial charge < -0.3 is 10.1 Å². The van der Waals surface area contributed by atoms with Gasteiger partial charge in [-0.05, 0) is 35.1 Å². The Morgan fingerprint density at radius 3 is 3.00 bits per heavy atom. The van der Waals surface area contributed by atoms with Gasteiger partial charge in [0, 0.05) is 39.0 Å². The molecule has 2 aromatic heterocycles. The Balaban J connectivity index is 2.22. The number of nitrogens with one attached hydrogen (secondary N) is 1. The minimum Gasteiger partial charge on any atom is -0.495 e. The molecule has 0 saturated carbocycles. The molecule has 0 aliphatic rings. The molecule has 0 aromatic carbocycles. The summed E-state index contributed by atoms with van der Waals surface area (Å²) >= 11 is 5.24. The quantitative estimate of drug-likeness (QED) is 0.914. The van der Waals surface area contributed by atoms with Crippen molar-refractivity contribution in [2.45, 2.75) is 12.5 Å². The predicted octanol–water partition coefficient (Wildman–Crippen LogP) is 3.42. The molecular weight excluding hydrogens is 312 g/mol. The average molecular weight is 327 g/mol. The van der Waals surface area contributed by atoms with E-state index in [1.165, 1.54) is 4.88 Å². The van der Waals surface area contributed by atoms with E-state index in [9.17, 15) is 0 Å². The first-order valence-electron chi connectivity index (χ1n) is 5.62. The Hall–Kier alpha value is -0.910. The normalized spacial score (nSPS) is 12.4. The third kappa shape index (κ3) is 3.10. The van der Waals surface area contributed by atoms with Crippen LogP contribution in [0.1, 0.15) is 16.5 Å². The Labute approximate surface area is 119 Å². The first kappa shape index (κ1) is 13.5. The smallest absolute Gasteiger partial charge is 0.141 e. The van der Waals surface area contributed by atoms with Gasteiger partial charge in [-0.15, -0.1) is 11.3 Å². The maximum absolute atomic E-state index is 5.36. The zero-order chi connectivity index (χ0) is 13.0. The number of halogens is 1. The zero-order valence-electron chi connectivity index (χ0n) is 10.3. The minimum atomic E-state index is 0.230. The van der Waals surface area contributed by atoms with Crippen LogP contribution in [0.3, 0.4) is 0 Å². The van der Waals surface area contributed by atoms with Gasteiger partial charge in [-0.25, -0.2) is 0 Å². The van der Waals surface area contributed by atoms with Gasteiger partial charge in [-0.3, -0.25) is 4.98 Å². The van der Waals surface area contributed by atoms with Gasteiger partial charge in [0.1, 0.15) is 5.75 Å².